The predicted molar refractivity (Wildman–Crippen MR) is 78.5 cm³/mol. The van der Waals surface area contributed by atoms with Gasteiger partial charge in [0.25, 0.3) is 5.91 Å². The Labute approximate surface area is 128 Å². The monoisotopic (exact) mass is 311 g/mol. The highest BCUT2D eigenvalue weighted by Crippen LogP contribution is 2.26. The molecule has 5 nitrogen and oxygen atoms in total. The van der Waals surface area contributed by atoms with Gasteiger partial charge in [-0.2, -0.15) is 0 Å². The molecule has 1 N–H and O–H groups in total. The molecule has 114 valence electrons. The van der Waals surface area contributed by atoms with Gasteiger partial charge in [0.05, 0.1) is 5.92 Å². The third-order valence-electron chi connectivity index (χ3n) is 3.81. The molecule has 2 rings (SSSR count). The molecule has 0 spiro atoms. The summed E-state index contributed by atoms with van der Waals surface area (Å²) in [7, 11) is 0. The summed E-state index contributed by atoms with van der Waals surface area (Å²) in [4.78, 5) is 25.1. The second-order valence-electron chi connectivity index (χ2n) is 5.22. The number of hydrogen-bond acceptors (Lipinski definition) is 3. The molecule has 0 aromatic heterocycles. The predicted octanol–water partition coefficient (Wildman–Crippen LogP) is 2.43. The van der Waals surface area contributed by atoms with Crippen molar-refractivity contribution in [3.05, 3.63) is 29.3 Å². The molecule has 0 aliphatic carbocycles. The maximum Gasteiger partial charge on any atom is 0.308 e. The smallest absolute Gasteiger partial charge is 0.308 e. The minimum atomic E-state index is -0.860. The van der Waals surface area contributed by atoms with Gasteiger partial charge in [-0.05, 0) is 38.5 Å². The van der Waals surface area contributed by atoms with E-state index in [1.54, 1.807) is 43.0 Å². The molecule has 1 amide bonds. The van der Waals surface area contributed by atoms with Crippen molar-refractivity contribution < 1.29 is 19.4 Å². The molecular weight excluding hydrogens is 294 g/mol. The van der Waals surface area contributed by atoms with E-state index in [9.17, 15) is 9.59 Å². The quantitative estimate of drug-likeness (QED) is 0.927. The number of likely N-dealkylation sites (tertiary alicyclic amines) is 1. The average molecular weight is 312 g/mol. The standard InChI is InChI=1S/C15H18ClNO4/c1-9-13(15(19)20)6-7-17(9)14(18)10(2)21-12-5-3-4-11(16)8-12/h3-5,8-10,13H,6-7H2,1-2H3,(H,19,20). The number of carbonyl (C=O) groups excluding carboxylic acids is 1. The molecule has 1 heterocycles. The van der Waals surface area contributed by atoms with Crippen LogP contribution in [0.25, 0.3) is 0 Å². The van der Waals surface area contributed by atoms with Crippen molar-refractivity contribution in [2.45, 2.75) is 32.4 Å². The molecule has 1 aliphatic rings. The van der Waals surface area contributed by atoms with E-state index in [0.717, 1.165) is 0 Å². The van der Waals surface area contributed by atoms with Crippen molar-refractivity contribution in [3.8, 4) is 5.75 Å². The normalized spacial score (nSPS) is 22.9. The highest BCUT2D eigenvalue weighted by Gasteiger charge is 2.39. The lowest BCUT2D eigenvalue weighted by Crippen LogP contribution is -2.44. The molecule has 21 heavy (non-hydrogen) atoms. The van der Waals surface area contributed by atoms with Crippen LogP contribution in [0.4, 0.5) is 0 Å². The third-order valence-corrected chi connectivity index (χ3v) is 4.05. The molecule has 3 atom stereocenters. The van der Waals surface area contributed by atoms with Gasteiger partial charge >= 0.3 is 5.97 Å². The van der Waals surface area contributed by atoms with E-state index >= 15 is 0 Å². The molecule has 0 saturated carbocycles. The lowest BCUT2D eigenvalue weighted by molar-refractivity contribution is -0.144. The molecule has 0 bridgehead atoms. The van der Waals surface area contributed by atoms with E-state index in [0.29, 0.717) is 23.7 Å². The van der Waals surface area contributed by atoms with Crippen molar-refractivity contribution in [1.82, 2.24) is 4.90 Å². The first kappa shape index (κ1) is 15.6. The van der Waals surface area contributed by atoms with Crippen molar-refractivity contribution in [2.75, 3.05) is 6.54 Å². The number of aliphatic carboxylic acids is 1. The van der Waals surface area contributed by atoms with E-state index in [1.807, 2.05) is 0 Å². The second-order valence-corrected chi connectivity index (χ2v) is 5.66. The third kappa shape index (κ3) is 3.47. The van der Waals surface area contributed by atoms with Crippen LogP contribution in [0, 0.1) is 5.92 Å². The van der Waals surface area contributed by atoms with E-state index in [4.69, 9.17) is 21.4 Å². The number of ether oxygens (including phenoxy) is 1. The summed E-state index contributed by atoms with van der Waals surface area (Å²) in [6.45, 7) is 3.86. The Morgan fingerprint density at radius 1 is 1.48 bits per heavy atom. The molecule has 1 saturated heterocycles. The Kier molecular flexibility index (Phi) is 4.73. The van der Waals surface area contributed by atoms with E-state index in [2.05, 4.69) is 0 Å². The van der Waals surface area contributed by atoms with Gasteiger partial charge in [-0.3, -0.25) is 9.59 Å². The first-order chi connectivity index (χ1) is 9.90. The van der Waals surface area contributed by atoms with Crippen LogP contribution >= 0.6 is 11.6 Å². The number of rotatable bonds is 4. The average Bonchev–Trinajstić information content (AvgIpc) is 2.79. The zero-order valence-corrected chi connectivity index (χ0v) is 12.7. The number of carbonyl (C=O) groups is 2. The van der Waals surface area contributed by atoms with Crippen LogP contribution in [0.5, 0.6) is 5.75 Å². The lowest BCUT2D eigenvalue weighted by Gasteiger charge is -2.26. The van der Waals surface area contributed by atoms with Gasteiger partial charge in [0.1, 0.15) is 5.75 Å². The van der Waals surface area contributed by atoms with Crippen molar-refractivity contribution in [2.24, 2.45) is 5.92 Å². The van der Waals surface area contributed by atoms with E-state index in [-0.39, 0.29) is 11.9 Å². The maximum atomic E-state index is 12.4. The minimum absolute atomic E-state index is 0.203. The fraction of sp³-hybridized carbons (Fsp3) is 0.467. The molecule has 1 aliphatic heterocycles. The number of carboxylic acid groups (broad SMARTS) is 1. The van der Waals surface area contributed by atoms with Crippen LogP contribution in [-0.2, 0) is 9.59 Å². The zero-order valence-electron chi connectivity index (χ0n) is 12.0. The SMILES string of the molecule is CC(Oc1cccc(Cl)c1)C(=O)N1CCC(C(=O)O)C1C. The summed E-state index contributed by atoms with van der Waals surface area (Å²) in [6.07, 6.45) is -0.204. The molecule has 1 aromatic rings. The van der Waals surface area contributed by atoms with Crippen molar-refractivity contribution >= 4 is 23.5 Å². The largest absolute Gasteiger partial charge is 0.481 e. The van der Waals surface area contributed by atoms with E-state index in [1.165, 1.54) is 0 Å². The summed E-state index contributed by atoms with van der Waals surface area (Å²) in [5.74, 6) is -1.05. The summed E-state index contributed by atoms with van der Waals surface area (Å²) < 4.78 is 5.59. The fourth-order valence-corrected chi connectivity index (χ4v) is 2.79. The molecule has 1 fully saturated rings. The number of amides is 1. The first-order valence-electron chi connectivity index (χ1n) is 6.85. The van der Waals surface area contributed by atoms with Gasteiger partial charge < -0.3 is 14.7 Å². The Hall–Kier alpha value is -1.75. The number of carboxylic acids is 1. The van der Waals surface area contributed by atoms with Gasteiger partial charge in [-0.15, -0.1) is 0 Å². The van der Waals surface area contributed by atoms with Crippen LogP contribution < -0.4 is 4.74 Å². The van der Waals surface area contributed by atoms with Gasteiger partial charge in [0.15, 0.2) is 6.10 Å². The molecule has 6 heteroatoms. The summed E-state index contributed by atoms with van der Waals surface area (Å²) in [5.41, 5.74) is 0. The van der Waals surface area contributed by atoms with Gasteiger partial charge in [-0.1, -0.05) is 17.7 Å². The minimum Gasteiger partial charge on any atom is -0.481 e. The molecule has 1 aromatic carbocycles. The lowest BCUT2D eigenvalue weighted by atomic mass is 10.0. The Morgan fingerprint density at radius 3 is 2.76 bits per heavy atom. The topological polar surface area (TPSA) is 66.8 Å². The van der Waals surface area contributed by atoms with Gasteiger partial charge in [0.2, 0.25) is 0 Å². The van der Waals surface area contributed by atoms with Crippen molar-refractivity contribution in [3.63, 3.8) is 0 Å². The summed E-state index contributed by atoms with van der Waals surface area (Å²) >= 11 is 5.87. The van der Waals surface area contributed by atoms with E-state index < -0.39 is 18.0 Å². The summed E-state index contributed by atoms with van der Waals surface area (Å²) in [5, 5.41) is 9.64. The Morgan fingerprint density at radius 2 is 2.19 bits per heavy atom. The van der Waals surface area contributed by atoms with Gasteiger partial charge in [0, 0.05) is 17.6 Å². The van der Waals surface area contributed by atoms with Crippen LogP contribution in [0.2, 0.25) is 5.02 Å². The number of halogens is 1. The number of nitrogens with zero attached hydrogens (tertiary/aromatic N) is 1. The molecule has 0 radical (unpaired) electrons. The maximum absolute atomic E-state index is 12.4. The highest BCUT2D eigenvalue weighted by atomic mass is 35.5. The van der Waals surface area contributed by atoms with Gasteiger partial charge in [-0.25, -0.2) is 0 Å². The highest BCUT2D eigenvalue weighted by molar-refractivity contribution is 6.30. The second kappa shape index (κ2) is 6.35. The first-order valence-corrected chi connectivity index (χ1v) is 7.23. The van der Waals surface area contributed by atoms with Crippen molar-refractivity contribution in [1.29, 1.82) is 0 Å². The van der Waals surface area contributed by atoms with Crippen LogP contribution in [0.3, 0.4) is 0 Å². The number of benzene rings is 1. The van der Waals surface area contributed by atoms with Crippen LogP contribution in [0.1, 0.15) is 20.3 Å². The Bertz CT molecular complexity index is 548. The molecular formula is C15H18ClNO4. The fourth-order valence-electron chi connectivity index (χ4n) is 2.61. The molecule has 3 unspecified atom stereocenters. The summed E-state index contributed by atoms with van der Waals surface area (Å²) in [6, 6.07) is 6.51. The van der Waals surface area contributed by atoms with Crippen LogP contribution in [-0.4, -0.2) is 40.6 Å². The Balaban J connectivity index is 2.01. The number of hydrogen-bond donors (Lipinski definition) is 1. The van der Waals surface area contributed by atoms with Crippen LogP contribution in [0.15, 0.2) is 24.3 Å². The zero-order chi connectivity index (χ0) is 15.6.